The van der Waals surface area contributed by atoms with E-state index in [9.17, 15) is 0 Å². The topological polar surface area (TPSA) is 35.2 Å². The third-order valence-electron chi connectivity index (χ3n) is 2.79. The van der Waals surface area contributed by atoms with E-state index in [1.165, 1.54) is 32.1 Å². The van der Waals surface area contributed by atoms with Gasteiger partial charge in [-0.15, -0.1) is 0 Å². The first-order chi connectivity index (χ1) is 6.74. The number of nitrogens with two attached hydrogens (primary N) is 1. The summed E-state index contributed by atoms with van der Waals surface area (Å²) >= 11 is 0. The smallest absolute Gasteiger partial charge is 0.0947 e. The average molecular weight is 201 g/mol. The van der Waals surface area contributed by atoms with Crippen LogP contribution >= 0.6 is 0 Å². The molecule has 0 unspecified atom stereocenters. The molecule has 86 valence electrons. The minimum Gasteiger partial charge on any atom is -0.360 e. The zero-order chi connectivity index (χ0) is 10.9. The van der Waals surface area contributed by atoms with Crippen LogP contribution in [-0.2, 0) is 4.74 Å². The van der Waals surface area contributed by atoms with Crippen LogP contribution < -0.4 is 5.73 Å². The van der Waals surface area contributed by atoms with Crippen molar-refractivity contribution in [1.82, 2.24) is 0 Å². The van der Waals surface area contributed by atoms with Crippen molar-refractivity contribution in [3.63, 3.8) is 0 Å². The number of hydrogen-bond acceptors (Lipinski definition) is 2. The van der Waals surface area contributed by atoms with Gasteiger partial charge in [0.15, 0.2) is 0 Å². The maximum Gasteiger partial charge on any atom is 0.0947 e. The average Bonchev–Trinajstić information content (AvgIpc) is 2.16. The van der Waals surface area contributed by atoms with Gasteiger partial charge in [0.05, 0.1) is 12.3 Å². The highest BCUT2D eigenvalue weighted by atomic mass is 16.5. The van der Waals surface area contributed by atoms with Gasteiger partial charge in [0, 0.05) is 0 Å². The predicted molar refractivity (Wildman–Crippen MR) is 62.2 cm³/mol. The van der Waals surface area contributed by atoms with Gasteiger partial charge in [0.1, 0.15) is 0 Å². The first-order valence-electron chi connectivity index (χ1n) is 6.08. The Kier molecular flexibility index (Phi) is 8.20. The minimum atomic E-state index is 0.0776. The fraction of sp³-hybridized carbons (Fsp3) is 1.00. The lowest BCUT2D eigenvalue weighted by Gasteiger charge is -2.33. The van der Waals surface area contributed by atoms with Crippen LogP contribution in [0.25, 0.3) is 0 Å². The number of rotatable bonds is 9. The van der Waals surface area contributed by atoms with Crippen molar-refractivity contribution >= 4 is 0 Å². The Balaban J connectivity index is 4.21. The molecule has 0 saturated heterocycles. The van der Waals surface area contributed by atoms with Crippen molar-refractivity contribution < 1.29 is 4.74 Å². The van der Waals surface area contributed by atoms with Gasteiger partial charge in [-0.05, 0) is 19.3 Å². The summed E-state index contributed by atoms with van der Waals surface area (Å²) in [5.41, 5.74) is 5.60. The van der Waals surface area contributed by atoms with Crippen LogP contribution in [0.1, 0.15) is 65.7 Å². The molecule has 0 aliphatic carbocycles. The number of unbranched alkanes of at least 4 members (excludes halogenated alkanes) is 1. The van der Waals surface area contributed by atoms with E-state index < -0.39 is 0 Å². The minimum absolute atomic E-state index is 0.0776. The molecule has 0 bridgehead atoms. The zero-order valence-electron chi connectivity index (χ0n) is 10.1. The lowest BCUT2D eigenvalue weighted by Crippen LogP contribution is -2.34. The van der Waals surface area contributed by atoms with Crippen molar-refractivity contribution in [3.8, 4) is 0 Å². The largest absolute Gasteiger partial charge is 0.360 e. The molecular formula is C12H27NO. The summed E-state index contributed by atoms with van der Waals surface area (Å²) in [6.07, 6.45) is 8.33. The van der Waals surface area contributed by atoms with Crippen LogP contribution in [-0.4, -0.2) is 12.3 Å². The summed E-state index contributed by atoms with van der Waals surface area (Å²) in [5.74, 6) is 0. The van der Waals surface area contributed by atoms with Crippen LogP contribution in [0.3, 0.4) is 0 Å². The monoisotopic (exact) mass is 201 g/mol. The molecule has 0 heterocycles. The molecule has 0 atom stereocenters. The van der Waals surface area contributed by atoms with Gasteiger partial charge in [-0.3, -0.25) is 0 Å². The van der Waals surface area contributed by atoms with Gasteiger partial charge in [-0.1, -0.05) is 46.5 Å². The van der Waals surface area contributed by atoms with E-state index in [1.807, 2.05) is 0 Å². The molecule has 0 aliphatic rings. The van der Waals surface area contributed by atoms with E-state index in [-0.39, 0.29) is 5.60 Å². The molecule has 0 amide bonds. The van der Waals surface area contributed by atoms with Crippen LogP contribution in [0.2, 0.25) is 0 Å². The summed E-state index contributed by atoms with van der Waals surface area (Å²) in [4.78, 5) is 0. The highest BCUT2D eigenvalue weighted by Crippen LogP contribution is 2.29. The molecule has 2 N–H and O–H groups in total. The van der Waals surface area contributed by atoms with Gasteiger partial charge < -0.3 is 10.5 Å². The predicted octanol–water partition coefficient (Wildman–Crippen LogP) is 3.45. The maximum absolute atomic E-state index is 5.79. The van der Waals surface area contributed by atoms with Gasteiger partial charge in [0.2, 0.25) is 0 Å². The molecule has 2 heteroatoms. The second-order valence-corrected chi connectivity index (χ2v) is 4.10. The lowest BCUT2D eigenvalue weighted by molar-refractivity contribution is -0.0631. The third-order valence-corrected chi connectivity index (χ3v) is 2.79. The zero-order valence-corrected chi connectivity index (χ0v) is 10.1. The summed E-state index contributed by atoms with van der Waals surface area (Å²) in [7, 11) is 0. The van der Waals surface area contributed by atoms with Crippen molar-refractivity contribution in [1.29, 1.82) is 0 Å². The third kappa shape index (κ3) is 4.97. The maximum atomic E-state index is 5.79. The quantitative estimate of drug-likeness (QED) is 0.580. The number of ether oxygens (including phenoxy) is 1. The van der Waals surface area contributed by atoms with Crippen LogP contribution in [0, 0.1) is 0 Å². The normalized spacial score (nSPS) is 12.0. The molecular weight excluding hydrogens is 174 g/mol. The Labute approximate surface area is 89.2 Å². The van der Waals surface area contributed by atoms with Crippen LogP contribution in [0.15, 0.2) is 0 Å². The second kappa shape index (κ2) is 8.25. The van der Waals surface area contributed by atoms with E-state index in [0.717, 1.165) is 12.8 Å². The summed E-state index contributed by atoms with van der Waals surface area (Å²) in [5, 5.41) is 0. The first-order valence-corrected chi connectivity index (χ1v) is 6.08. The van der Waals surface area contributed by atoms with E-state index >= 15 is 0 Å². The van der Waals surface area contributed by atoms with Crippen LogP contribution in [0.4, 0.5) is 0 Å². The Morgan fingerprint density at radius 1 is 0.929 bits per heavy atom. The van der Waals surface area contributed by atoms with Gasteiger partial charge >= 0.3 is 0 Å². The van der Waals surface area contributed by atoms with Gasteiger partial charge in [0.25, 0.3) is 0 Å². The summed E-state index contributed by atoms with van der Waals surface area (Å²) in [6.45, 7) is 7.03. The lowest BCUT2D eigenvalue weighted by atomic mass is 9.87. The molecule has 0 saturated carbocycles. The van der Waals surface area contributed by atoms with Gasteiger partial charge in [-0.25, -0.2) is 0 Å². The van der Waals surface area contributed by atoms with Crippen molar-refractivity contribution in [2.24, 2.45) is 5.73 Å². The summed E-state index contributed by atoms with van der Waals surface area (Å²) < 4.78 is 5.79. The van der Waals surface area contributed by atoms with E-state index in [0.29, 0.717) is 6.73 Å². The Hall–Kier alpha value is -0.0800. The Morgan fingerprint density at radius 3 is 1.86 bits per heavy atom. The molecule has 0 aromatic rings. The molecule has 0 radical (unpaired) electrons. The van der Waals surface area contributed by atoms with E-state index in [1.54, 1.807) is 0 Å². The SMILES string of the molecule is CCCCC(CCC)(CCC)OCN. The molecule has 2 nitrogen and oxygen atoms in total. The molecule has 0 aromatic carbocycles. The molecule has 0 aliphatic heterocycles. The molecule has 0 aromatic heterocycles. The highest BCUT2D eigenvalue weighted by Gasteiger charge is 2.27. The fourth-order valence-electron chi connectivity index (χ4n) is 2.18. The Morgan fingerprint density at radius 2 is 1.50 bits per heavy atom. The van der Waals surface area contributed by atoms with Crippen molar-refractivity contribution in [2.75, 3.05) is 6.73 Å². The molecule has 0 rings (SSSR count). The standard InChI is InChI=1S/C12H27NO/c1-4-7-10-12(8-5-2,9-6-3)14-11-13/h4-11,13H2,1-3H3. The van der Waals surface area contributed by atoms with Crippen molar-refractivity contribution in [3.05, 3.63) is 0 Å². The van der Waals surface area contributed by atoms with Gasteiger partial charge in [-0.2, -0.15) is 0 Å². The second-order valence-electron chi connectivity index (χ2n) is 4.10. The fourth-order valence-corrected chi connectivity index (χ4v) is 2.18. The molecule has 0 spiro atoms. The van der Waals surface area contributed by atoms with Crippen LogP contribution in [0.5, 0.6) is 0 Å². The highest BCUT2D eigenvalue weighted by molar-refractivity contribution is 4.79. The van der Waals surface area contributed by atoms with E-state index in [2.05, 4.69) is 20.8 Å². The molecule has 14 heavy (non-hydrogen) atoms. The van der Waals surface area contributed by atoms with Crippen molar-refractivity contribution in [2.45, 2.75) is 71.3 Å². The van der Waals surface area contributed by atoms with E-state index in [4.69, 9.17) is 10.5 Å². The summed E-state index contributed by atoms with van der Waals surface area (Å²) in [6, 6.07) is 0. The Bertz CT molecular complexity index is 108. The first kappa shape index (κ1) is 13.9. The number of hydrogen-bond donors (Lipinski definition) is 1. The molecule has 0 fully saturated rings.